The highest BCUT2D eigenvalue weighted by atomic mass is 16.6. The maximum atomic E-state index is 13.8. The fourth-order valence-corrected chi connectivity index (χ4v) is 3.66. The van der Waals surface area contributed by atoms with Crippen LogP contribution in [-0.4, -0.2) is 60.1 Å². The minimum atomic E-state index is -0.943. The maximum absolute atomic E-state index is 13.8. The molecule has 0 saturated carbocycles. The Morgan fingerprint density at radius 1 is 1.08 bits per heavy atom. The molecule has 9 heteroatoms. The summed E-state index contributed by atoms with van der Waals surface area (Å²) in [5, 5.41) is 5.47. The Kier molecular flexibility index (Phi) is 12.4. The molecule has 0 aliphatic carbocycles. The Bertz CT molecular complexity index is 894. The van der Waals surface area contributed by atoms with Crippen LogP contribution >= 0.6 is 0 Å². The summed E-state index contributed by atoms with van der Waals surface area (Å²) in [6.07, 6.45) is -0.0741. The van der Waals surface area contributed by atoms with E-state index in [2.05, 4.69) is 10.6 Å². The third kappa shape index (κ3) is 10.3. The Hall–Kier alpha value is -3.10. The lowest BCUT2D eigenvalue weighted by molar-refractivity contribution is -0.144. The average molecular weight is 506 g/mol. The molecule has 202 valence electrons. The van der Waals surface area contributed by atoms with Gasteiger partial charge < -0.3 is 25.0 Å². The van der Waals surface area contributed by atoms with Crippen molar-refractivity contribution in [2.45, 2.75) is 85.9 Å². The number of esters is 1. The number of carbonyl (C=O) groups excluding carboxylic acids is 4. The van der Waals surface area contributed by atoms with Gasteiger partial charge in [-0.1, -0.05) is 50.6 Å². The van der Waals surface area contributed by atoms with Crippen molar-refractivity contribution >= 4 is 23.9 Å². The Morgan fingerprint density at radius 3 is 2.28 bits per heavy atom. The quantitative estimate of drug-likeness (QED) is 0.417. The second-order valence-corrected chi connectivity index (χ2v) is 10.1. The van der Waals surface area contributed by atoms with Crippen LogP contribution in [-0.2, 0) is 23.9 Å². The highest BCUT2D eigenvalue weighted by molar-refractivity contribution is 5.92. The van der Waals surface area contributed by atoms with Gasteiger partial charge in [-0.15, -0.1) is 0 Å². The van der Waals surface area contributed by atoms with E-state index in [1.54, 1.807) is 33.8 Å². The fourth-order valence-electron chi connectivity index (χ4n) is 3.66. The van der Waals surface area contributed by atoms with Gasteiger partial charge in [0.2, 0.25) is 11.8 Å². The zero-order valence-corrected chi connectivity index (χ0v) is 23.0. The van der Waals surface area contributed by atoms with Crippen LogP contribution < -0.4 is 10.6 Å². The molecule has 0 aliphatic rings. The van der Waals surface area contributed by atoms with Gasteiger partial charge in [0.1, 0.15) is 17.7 Å². The van der Waals surface area contributed by atoms with Crippen molar-refractivity contribution < 1.29 is 28.7 Å². The predicted octanol–water partition coefficient (Wildman–Crippen LogP) is 3.89. The third-order valence-electron chi connectivity index (χ3n) is 5.20. The second kappa shape index (κ2) is 14.5. The van der Waals surface area contributed by atoms with E-state index in [0.29, 0.717) is 18.5 Å². The van der Waals surface area contributed by atoms with Gasteiger partial charge in [0.05, 0.1) is 13.0 Å². The zero-order valence-electron chi connectivity index (χ0n) is 23.0. The van der Waals surface area contributed by atoms with Crippen molar-refractivity contribution in [1.82, 2.24) is 15.5 Å². The molecule has 0 spiro atoms. The van der Waals surface area contributed by atoms with Gasteiger partial charge in [0, 0.05) is 13.1 Å². The topological polar surface area (TPSA) is 114 Å². The second-order valence-electron chi connectivity index (χ2n) is 10.1. The number of benzene rings is 1. The molecule has 0 aromatic heterocycles. The molecule has 2 atom stereocenters. The van der Waals surface area contributed by atoms with E-state index in [1.165, 1.54) is 4.90 Å². The first-order valence-electron chi connectivity index (χ1n) is 12.6. The van der Waals surface area contributed by atoms with Gasteiger partial charge in [-0.3, -0.25) is 14.4 Å². The van der Waals surface area contributed by atoms with Crippen molar-refractivity contribution in [2.24, 2.45) is 5.92 Å². The van der Waals surface area contributed by atoms with Gasteiger partial charge in [-0.05, 0) is 52.5 Å². The van der Waals surface area contributed by atoms with E-state index in [4.69, 9.17) is 9.47 Å². The van der Waals surface area contributed by atoms with Crippen LogP contribution in [0.15, 0.2) is 24.3 Å². The molecule has 36 heavy (non-hydrogen) atoms. The largest absolute Gasteiger partial charge is 0.466 e. The van der Waals surface area contributed by atoms with E-state index < -0.39 is 35.7 Å². The first-order valence-corrected chi connectivity index (χ1v) is 12.6. The molecule has 0 aliphatic heterocycles. The number of rotatable bonds is 12. The van der Waals surface area contributed by atoms with Crippen LogP contribution in [0.3, 0.4) is 0 Å². The standard InChI is InChI=1S/C27H43N3O6/c1-9-16-30(25(33)22(18(3)4)29-26(34)36-27(6,7)8)23(20-13-11-12-19(5)17-20)24(32)28-15-14-21(31)35-10-2/h11-13,17-18,22-23H,9-10,14-16H2,1-8H3,(H,28,32)(H,29,34). The zero-order chi connectivity index (χ0) is 27.5. The number of nitrogens with zero attached hydrogens (tertiary/aromatic N) is 1. The van der Waals surface area contributed by atoms with Crippen molar-refractivity contribution in [2.75, 3.05) is 19.7 Å². The minimum absolute atomic E-state index is 0.0245. The molecular weight excluding hydrogens is 462 g/mol. The Morgan fingerprint density at radius 2 is 1.75 bits per heavy atom. The highest BCUT2D eigenvalue weighted by Crippen LogP contribution is 2.25. The Labute approximate surface area is 215 Å². The number of alkyl carbamates (subject to hydrolysis) is 1. The number of ether oxygens (including phenoxy) is 2. The molecule has 2 unspecified atom stereocenters. The van der Waals surface area contributed by atoms with Crippen molar-refractivity contribution in [1.29, 1.82) is 0 Å². The average Bonchev–Trinajstić information content (AvgIpc) is 2.75. The lowest BCUT2D eigenvalue weighted by Gasteiger charge is -2.35. The van der Waals surface area contributed by atoms with Crippen molar-refractivity contribution in [3.63, 3.8) is 0 Å². The summed E-state index contributed by atoms with van der Waals surface area (Å²) in [5.41, 5.74) is 0.860. The van der Waals surface area contributed by atoms with Crippen LogP contribution in [0.25, 0.3) is 0 Å². The summed E-state index contributed by atoms with van der Waals surface area (Å²) >= 11 is 0. The molecule has 0 heterocycles. The predicted molar refractivity (Wildman–Crippen MR) is 138 cm³/mol. The smallest absolute Gasteiger partial charge is 0.408 e. The number of carbonyl (C=O) groups is 4. The van der Waals surface area contributed by atoms with E-state index >= 15 is 0 Å². The van der Waals surface area contributed by atoms with Gasteiger partial charge in [0.15, 0.2) is 0 Å². The fraction of sp³-hybridized carbons (Fsp3) is 0.630. The molecule has 0 bridgehead atoms. The molecule has 2 N–H and O–H groups in total. The van der Waals surface area contributed by atoms with Crippen LogP contribution in [0.2, 0.25) is 0 Å². The molecule has 0 saturated heterocycles. The van der Waals surface area contributed by atoms with Crippen LogP contribution in [0.1, 0.15) is 78.5 Å². The summed E-state index contributed by atoms with van der Waals surface area (Å²) < 4.78 is 10.3. The summed E-state index contributed by atoms with van der Waals surface area (Å²) in [7, 11) is 0. The van der Waals surface area contributed by atoms with E-state index in [0.717, 1.165) is 5.56 Å². The van der Waals surface area contributed by atoms with Gasteiger partial charge >= 0.3 is 12.1 Å². The molecular formula is C27H43N3O6. The lowest BCUT2D eigenvalue weighted by atomic mass is 9.97. The van der Waals surface area contributed by atoms with E-state index in [9.17, 15) is 19.2 Å². The number of hydrogen-bond donors (Lipinski definition) is 2. The monoisotopic (exact) mass is 505 g/mol. The van der Waals surface area contributed by atoms with Crippen molar-refractivity contribution in [3.05, 3.63) is 35.4 Å². The number of amides is 3. The van der Waals surface area contributed by atoms with Crippen LogP contribution in [0.4, 0.5) is 4.79 Å². The molecule has 1 rings (SSSR count). The van der Waals surface area contributed by atoms with E-state index in [1.807, 2.05) is 45.9 Å². The van der Waals surface area contributed by atoms with E-state index in [-0.39, 0.29) is 31.4 Å². The van der Waals surface area contributed by atoms with Gasteiger partial charge in [-0.25, -0.2) is 4.79 Å². The maximum Gasteiger partial charge on any atom is 0.408 e. The molecule has 1 aromatic carbocycles. The van der Waals surface area contributed by atoms with Crippen molar-refractivity contribution in [3.8, 4) is 0 Å². The summed E-state index contributed by atoms with van der Waals surface area (Å²) in [6, 6.07) is 5.55. The number of aryl methyl sites for hydroxylation is 1. The summed E-state index contributed by atoms with van der Waals surface area (Å²) in [4.78, 5) is 53.0. The molecule has 0 fully saturated rings. The number of nitrogens with one attached hydrogen (secondary N) is 2. The molecule has 1 aromatic rings. The lowest BCUT2D eigenvalue weighted by Crippen LogP contribution is -2.55. The third-order valence-corrected chi connectivity index (χ3v) is 5.20. The first kappa shape index (κ1) is 30.9. The van der Waals surface area contributed by atoms with Gasteiger partial charge in [0.25, 0.3) is 0 Å². The Balaban J connectivity index is 3.31. The molecule has 0 radical (unpaired) electrons. The first-order chi connectivity index (χ1) is 16.8. The SMILES string of the molecule is CCCN(C(=O)C(NC(=O)OC(C)(C)C)C(C)C)C(C(=O)NCCC(=O)OCC)c1cccc(C)c1. The van der Waals surface area contributed by atoms with Gasteiger partial charge in [-0.2, -0.15) is 0 Å². The summed E-state index contributed by atoms with van der Waals surface area (Å²) in [6.45, 7) is 15.1. The van der Waals surface area contributed by atoms with Crippen LogP contribution in [0, 0.1) is 12.8 Å². The normalized spacial score (nSPS) is 12.9. The minimum Gasteiger partial charge on any atom is -0.466 e. The van der Waals surface area contributed by atoms with Crippen LogP contribution in [0.5, 0.6) is 0 Å². The number of hydrogen-bond acceptors (Lipinski definition) is 6. The molecule has 3 amide bonds. The highest BCUT2D eigenvalue weighted by Gasteiger charge is 2.37. The molecule has 9 nitrogen and oxygen atoms in total. The summed E-state index contributed by atoms with van der Waals surface area (Å²) in [5.74, 6) is -1.46.